The SMILES string of the molecule is CCCC(=O)C(=O)C(CC(=O)[C@H](CC(C)C)NC(=O)OC(C)(C)C)Cc1ccccc1. The molecule has 1 rings (SSSR count). The predicted octanol–water partition coefficient (Wildman–Crippen LogP) is 4.68. The Hall–Kier alpha value is -2.50. The van der Waals surface area contributed by atoms with Gasteiger partial charge in [0.05, 0.1) is 6.04 Å². The first-order valence-electron chi connectivity index (χ1n) is 11.1. The third kappa shape index (κ3) is 10.4. The van der Waals surface area contributed by atoms with Crippen molar-refractivity contribution in [1.82, 2.24) is 5.32 Å². The summed E-state index contributed by atoms with van der Waals surface area (Å²) in [6.07, 6.45) is 0.710. The van der Waals surface area contributed by atoms with Crippen LogP contribution in [0.1, 0.15) is 72.8 Å². The molecule has 1 unspecified atom stereocenters. The minimum Gasteiger partial charge on any atom is -0.444 e. The first-order chi connectivity index (χ1) is 14.4. The number of rotatable bonds is 12. The Morgan fingerprint density at radius 2 is 1.65 bits per heavy atom. The number of carbonyl (C=O) groups excluding carboxylic acids is 4. The molecule has 0 bridgehead atoms. The zero-order valence-corrected chi connectivity index (χ0v) is 19.7. The molecule has 0 radical (unpaired) electrons. The number of nitrogens with one attached hydrogen (secondary N) is 1. The van der Waals surface area contributed by atoms with Crippen molar-refractivity contribution < 1.29 is 23.9 Å². The van der Waals surface area contributed by atoms with Gasteiger partial charge in [-0.25, -0.2) is 4.79 Å². The molecule has 0 spiro atoms. The van der Waals surface area contributed by atoms with E-state index in [2.05, 4.69) is 5.32 Å². The number of amides is 1. The molecule has 6 heteroatoms. The second-order valence-electron chi connectivity index (χ2n) is 9.42. The lowest BCUT2D eigenvalue weighted by Gasteiger charge is -2.25. The van der Waals surface area contributed by atoms with E-state index < -0.39 is 35.2 Å². The Morgan fingerprint density at radius 1 is 1.03 bits per heavy atom. The molecule has 0 fully saturated rings. The van der Waals surface area contributed by atoms with Gasteiger partial charge in [-0.3, -0.25) is 14.4 Å². The van der Waals surface area contributed by atoms with Crippen molar-refractivity contribution in [3.63, 3.8) is 0 Å². The van der Waals surface area contributed by atoms with Crippen molar-refractivity contribution in [2.24, 2.45) is 11.8 Å². The minimum atomic E-state index is -0.776. The molecule has 1 aromatic rings. The molecule has 0 aliphatic rings. The summed E-state index contributed by atoms with van der Waals surface area (Å²) in [5, 5.41) is 2.66. The quantitative estimate of drug-likeness (QED) is 0.485. The van der Waals surface area contributed by atoms with Crippen LogP contribution in [0.5, 0.6) is 0 Å². The van der Waals surface area contributed by atoms with Gasteiger partial charge < -0.3 is 10.1 Å². The van der Waals surface area contributed by atoms with Gasteiger partial charge in [0.15, 0.2) is 11.6 Å². The monoisotopic (exact) mass is 431 g/mol. The molecule has 0 heterocycles. The summed E-state index contributed by atoms with van der Waals surface area (Å²) in [7, 11) is 0. The van der Waals surface area contributed by atoms with Gasteiger partial charge >= 0.3 is 6.09 Å². The average molecular weight is 432 g/mol. The maximum atomic E-state index is 13.1. The largest absolute Gasteiger partial charge is 0.444 e. The second-order valence-corrected chi connectivity index (χ2v) is 9.42. The van der Waals surface area contributed by atoms with Crippen LogP contribution >= 0.6 is 0 Å². The summed E-state index contributed by atoms with van der Waals surface area (Å²) < 4.78 is 5.29. The number of hydrogen-bond acceptors (Lipinski definition) is 5. The molecule has 31 heavy (non-hydrogen) atoms. The first kappa shape index (κ1) is 26.5. The molecular weight excluding hydrogens is 394 g/mol. The Balaban J connectivity index is 3.02. The van der Waals surface area contributed by atoms with Crippen LogP contribution < -0.4 is 5.32 Å². The van der Waals surface area contributed by atoms with E-state index in [-0.39, 0.29) is 24.5 Å². The lowest BCUT2D eigenvalue weighted by molar-refractivity contribution is -0.140. The number of ether oxygens (including phenoxy) is 1. The summed E-state index contributed by atoms with van der Waals surface area (Å²) in [6, 6.07) is 8.56. The molecular formula is C25H37NO5. The van der Waals surface area contributed by atoms with Crippen LogP contribution in [0.3, 0.4) is 0 Å². The molecule has 0 saturated carbocycles. The number of Topliss-reactive ketones (excluding diaryl/α,β-unsaturated/α-hetero) is 3. The summed E-state index contributed by atoms with van der Waals surface area (Å²) in [4.78, 5) is 50.5. The van der Waals surface area contributed by atoms with Gasteiger partial charge in [-0.2, -0.15) is 0 Å². The number of hydrogen-bond donors (Lipinski definition) is 1. The van der Waals surface area contributed by atoms with E-state index in [4.69, 9.17) is 4.74 Å². The van der Waals surface area contributed by atoms with Crippen molar-refractivity contribution in [3.8, 4) is 0 Å². The molecule has 0 aromatic heterocycles. The van der Waals surface area contributed by atoms with E-state index in [1.165, 1.54) is 0 Å². The highest BCUT2D eigenvalue weighted by Crippen LogP contribution is 2.19. The van der Waals surface area contributed by atoms with Crippen LogP contribution in [0.15, 0.2) is 30.3 Å². The minimum absolute atomic E-state index is 0.101. The average Bonchev–Trinajstić information content (AvgIpc) is 2.65. The summed E-state index contributed by atoms with van der Waals surface area (Å²) in [5.41, 5.74) is 0.201. The molecule has 0 aliphatic heterocycles. The molecule has 1 aromatic carbocycles. The van der Waals surface area contributed by atoms with Crippen LogP contribution in [0, 0.1) is 11.8 Å². The van der Waals surface area contributed by atoms with Gasteiger partial charge in [-0.15, -0.1) is 0 Å². The van der Waals surface area contributed by atoms with Crippen molar-refractivity contribution in [3.05, 3.63) is 35.9 Å². The van der Waals surface area contributed by atoms with Crippen molar-refractivity contribution in [1.29, 1.82) is 0 Å². The number of benzene rings is 1. The van der Waals surface area contributed by atoms with Crippen LogP contribution in [-0.2, 0) is 25.5 Å². The summed E-state index contributed by atoms with van der Waals surface area (Å²) in [6.45, 7) is 11.0. The van der Waals surface area contributed by atoms with E-state index in [0.29, 0.717) is 19.3 Å². The van der Waals surface area contributed by atoms with Crippen LogP contribution in [0.25, 0.3) is 0 Å². The lowest BCUT2D eigenvalue weighted by atomic mass is 9.85. The number of ketones is 3. The maximum Gasteiger partial charge on any atom is 0.408 e. The Labute approximate surface area is 186 Å². The molecule has 2 atom stereocenters. The van der Waals surface area contributed by atoms with Crippen molar-refractivity contribution in [2.75, 3.05) is 0 Å². The second kappa shape index (κ2) is 12.4. The zero-order valence-electron chi connectivity index (χ0n) is 19.7. The van der Waals surface area contributed by atoms with E-state index in [1.807, 2.05) is 51.1 Å². The van der Waals surface area contributed by atoms with Crippen molar-refractivity contribution in [2.45, 2.75) is 85.3 Å². The molecule has 1 N–H and O–H groups in total. The van der Waals surface area contributed by atoms with Gasteiger partial charge in [0.1, 0.15) is 5.60 Å². The van der Waals surface area contributed by atoms with Crippen LogP contribution in [0.2, 0.25) is 0 Å². The molecule has 1 amide bonds. The Kier molecular flexibility index (Phi) is 10.6. The highest BCUT2D eigenvalue weighted by Gasteiger charge is 2.31. The van der Waals surface area contributed by atoms with E-state index in [9.17, 15) is 19.2 Å². The van der Waals surface area contributed by atoms with Gasteiger partial charge in [0.2, 0.25) is 5.78 Å². The van der Waals surface area contributed by atoms with Gasteiger partial charge in [-0.05, 0) is 51.5 Å². The highest BCUT2D eigenvalue weighted by atomic mass is 16.6. The highest BCUT2D eigenvalue weighted by molar-refractivity contribution is 6.38. The zero-order chi connectivity index (χ0) is 23.6. The van der Waals surface area contributed by atoms with Crippen molar-refractivity contribution >= 4 is 23.4 Å². The summed E-state index contributed by atoms with van der Waals surface area (Å²) in [5.74, 6) is -1.83. The fourth-order valence-electron chi connectivity index (χ4n) is 3.31. The number of alkyl carbamates (subject to hydrolysis) is 1. The Bertz CT molecular complexity index is 749. The fourth-order valence-corrected chi connectivity index (χ4v) is 3.31. The van der Waals surface area contributed by atoms with Gasteiger partial charge in [0, 0.05) is 18.8 Å². The molecule has 172 valence electrons. The smallest absolute Gasteiger partial charge is 0.408 e. The molecule has 0 saturated heterocycles. The van der Waals surface area contributed by atoms with Gasteiger partial charge in [-0.1, -0.05) is 51.1 Å². The normalized spacial score (nSPS) is 13.4. The molecule has 6 nitrogen and oxygen atoms in total. The van der Waals surface area contributed by atoms with E-state index in [1.54, 1.807) is 20.8 Å². The van der Waals surface area contributed by atoms with Crippen LogP contribution in [0.4, 0.5) is 4.79 Å². The Morgan fingerprint density at radius 3 is 2.16 bits per heavy atom. The summed E-state index contributed by atoms with van der Waals surface area (Å²) >= 11 is 0. The molecule has 0 aliphatic carbocycles. The fraction of sp³-hybridized carbons (Fsp3) is 0.600. The third-order valence-electron chi connectivity index (χ3n) is 4.68. The third-order valence-corrected chi connectivity index (χ3v) is 4.68. The topological polar surface area (TPSA) is 89.5 Å². The maximum absolute atomic E-state index is 13.1. The van der Waals surface area contributed by atoms with Crippen LogP contribution in [-0.4, -0.2) is 35.1 Å². The number of carbonyl (C=O) groups is 4. The van der Waals surface area contributed by atoms with Gasteiger partial charge in [0.25, 0.3) is 0 Å². The standard InChI is InChI=1S/C25H37NO5/c1-7-11-21(27)23(29)19(15-18-12-9-8-10-13-18)16-22(28)20(14-17(2)3)26-24(30)31-25(4,5)6/h8-10,12-13,17,19-20H,7,11,14-16H2,1-6H3,(H,26,30)/t19?,20-/m0/s1. The van der Waals surface area contributed by atoms with E-state index in [0.717, 1.165) is 5.56 Å². The van der Waals surface area contributed by atoms with E-state index >= 15 is 0 Å². The predicted molar refractivity (Wildman–Crippen MR) is 121 cm³/mol. The first-order valence-corrected chi connectivity index (χ1v) is 11.1. The lowest BCUT2D eigenvalue weighted by Crippen LogP contribution is -2.45.